The van der Waals surface area contributed by atoms with Gasteiger partial charge in [-0.15, -0.1) is 11.3 Å². The number of anilines is 1. The molecule has 1 aliphatic rings. The number of rotatable bonds is 5. The van der Waals surface area contributed by atoms with Crippen LogP contribution in [0, 0.1) is 0 Å². The molecule has 34 heavy (non-hydrogen) atoms. The van der Waals surface area contributed by atoms with Gasteiger partial charge >= 0.3 is 0 Å². The van der Waals surface area contributed by atoms with Gasteiger partial charge < -0.3 is 5.32 Å². The van der Waals surface area contributed by atoms with E-state index in [9.17, 15) is 14.4 Å². The minimum atomic E-state index is -0.375. The first-order valence-electron chi connectivity index (χ1n) is 10.7. The summed E-state index contributed by atoms with van der Waals surface area (Å²) in [5.41, 5.74) is 4.17. The van der Waals surface area contributed by atoms with E-state index in [-0.39, 0.29) is 29.3 Å². The van der Waals surface area contributed by atoms with Gasteiger partial charge in [-0.1, -0.05) is 12.1 Å². The number of thiazole rings is 1. The molecule has 1 aliphatic heterocycles. The van der Waals surface area contributed by atoms with E-state index >= 15 is 0 Å². The normalized spacial score (nSPS) is 12.9. The summed E-state index contributed by atoms with van der Waals surface area (Å²) in [4.78, 5) is 48.0. The van der Waals surface area contributed by atoms with Crippen LogP contribution in [-0.4, -0.2) is 38.6 Å². The van der Waals surface area contributed by atoms with E-state index in [1.165, 1.54) is 22.3 Å². The predicted octanol–water partition coefficient (Wildman–Crippen LogP) is 5.13. The Balaban J connectivity index is 1.36. The molecule has 0 radical (unpaired) electrons. The van der Waals surface area contributed by atoms with Gasteiger partial charge in [0.25, 0.3) is 17.7 Å². The molecule has 0 saturated carbocycles. The fourth-order valence-electron chi connectivity index (χ4n) is 3.86. The smallest absolute Gasteiger partial charge is 0.261 e. The molecule has 0 bridgehead atoms. The van der Waals surface area contributed by atoms with Gasteiger partial charge in [-0.2, -0.15) is 0 Å². The van der Waals surface area contributed by atoms with Crippen molar-refractivity contribution in [1.29, 1.82) is 0 Å². The van der Waals surface area contributed by atoms with E-state index < -0.39 is 0 Å². The lowest BCUT2D eigenvalue weighted by Gasteiger charge is -2.17. The number of hydrogen-bond donors (Lipinski definition) is 1. The third-order valence-corrected chi connectivity index (χ3v) is 6.44. The van der Waals surface area contributed by atoms with Crippen molar-refractivity contribution >= 4 is 34.7 Å². The first kappa shape index (κ1) is 21.7. The summed E-state index contributed by atoms with van der Waals surface area (Å²) in [6.45, 7) is 3.56. The minimum absolute atomic E-state index is 0.253. The number of benzene rings is 2. The third kappa shape index (κ3) is 3.88. The summed E-state index contributed by atoms with van der Waals surface area (Å²) in [5, 5.41) is 5.74. The molecular formula is C26H20N4O3S. The highest BCUT2D eigenvalue weighted by Gasteiger charge is 2.37. The minimum Gasteiger partial charge on any atom is -0.322 e. The van der Waals surface area contributed by atoms with Gasteiger partial charge in [0.15, 0.2) is 0 Å². The number of pyridine rings is 1. The lowest BCUT2D eigenvalue weighted by molar-refractivity contribution is 0.0609. The number of nitrogens with zero attached hydrogens (tertiary/aromatic N) is 3. The SMILES string of the molecule is CC(C)N1C(=O)c2ccc(C(=O)Nc3cccc(-c4csc(-c5ccncc5)n4)c3)cc2C1=O. The molecule has 7 nitrogen and oxygen atoms in total. The van der Waals surface area contributed by atoms with Gasteiger partial charge in [-0.05, 0) is 56.3 Å². The van der Waals surface area contributed by atoms with Crippen LogP contribution in [0.5, 0.6) is 0 Å². The molecule has 0 aliphatic carbocycles. The van der Waals surface area contributed by atoms with Gasteiger partial charge in [-0.25, -0.2) is 4.98 Å². The van der Waals surface area contributed by atoms with E-state index in [4.69, 9.17) is 4.98 Å². The lowest BCUT2D eigenvalue weighted by atomic mass is 10.0. The zero-order chi connectivity index (χ0) is 23.8. The van der Waals surface area contributed by atoms with Crippen LogP contribution >= 0.6 is 11.3 Å². The molecule has 4 aromatic rings. The number of amides is 3. The van der Waals surface area contributed by atoms with Crippen molar-refractivity contribution in [2.24, 2.45) is 0 Å². The predicted molar refractivity (Wildman–Crippen MR) is 131 cm³/mol. The standard InChI is InChI=1S/C26H20N4O3S/c1-15(2)30-25(32)20-7-6-18(13-21(20)26(30)33)23(31)28-19-5-3-4-17(12-19)22-14-34-24(29-22)16-8-10-27-11-9-16/h3-15H,1-2H3,(H,28,31). The zero-order valence-corrected chi connectivity index (χ0v) is 19.3. The molecule has 8 heteroatoms. The monoisotopic (exact) mass is 468 g/mol. The van der Waals surface area contributed by atoms with Crippen LogP contribution in [0.4, 0.5) is 5.69 Å². The van der Waals surface area contributed by atoms with Crippen LogP contribution in [0.1, 0.15) is 44.9 Å². The Kier molecular flexibility index (Phi) is 5.51. The van der Waals surface area contributed by atoms with Crippen LogP contribution in [0.25, 0.3) is 21.8 Å². The lowest BCUT2D eigenvalue weighted by Crippen LogP contribution is -2.35. The summed E-state index contributed by atoms with van der Waals surface area (Å²) in [7, 11) is 0. The van der Waals surface area contributed by atoms with Crippen LogP contribution in [0.15, 0.2) is 72.4 Å². The van der Waals surface area contributed by atoms with Gasteiger partial charge in [0.2, 0.25) is 0 Å². The van der Waals surface area contributed by atoms with Gasteiger partial charge in [0, 0.05) is 46.2 Å². The van der Waals surface area contributed by atoms with Crippen LogP contribution in [0.2, 0.25) is 0 Å². The summed E-state index contributed by atoms with van der Waals surface area (Å²) >= 11 is 1.54. The molecule has 0 spiro atoms. The highest BCUT2D eigenvalue weighted by molar-refractivity contribution is 7.13. The topological polar surface area (TPSA) is 92.3 Å². The molecular weight excluding hydrogens is 448 g/mol. The van der Waals surface area contributed by atoms with E-state index in [0.717, 1.165) is 21.8 Å². The van der Waals surface area contributed by atoms with Gasteiger partial charge in [0.1, 0.15) is 5.01 Å². The summed E-state index contributed by atoms with van der Waals surface area (Å²) < 4.78 is 0. The van der Waals surface area contributed by atoms with Crippen molar-refractivity contribution < 1.29 is 14.4 Å². The van der Waals surface area contributed by atoms with Gasteiger partial charge in [-0.3, -0.25) is 24.3 Å². The molecule has 3 amide bonds. The van der Waals surface area contributed by atoms with Gasteiger partial charge in [0.05, 0.1) is 16.8 Å². The number of hydrogen-bond acceptors (Lipinski definition) is 6. The Bertz CT molecular complexity index is 1430. The number of aromatic nitrogens is 2. The molecule has 2 aromatic heterocycles. The Morgan fingerprint density at radius 2 is 1.71 bits per heavy atom. The largest absolute Gasteiger partial charge is 0.322 e. The van der Waals surface area contributed by atoms with Crippen LogP contribution in [-0.2, 0) is 0 Å². The number of nitrogens with one attached hydrogen (secondary N) is 1. The number of fused-ring (bicyclic) bond motifs is 1. The molecule has 168 valence electrons. The summed E-state index contributed by atoms with van der Waals surface area (Å²) in [6, 6.07) is 15.6. The van der Waals surface area contributed by atoms with Crippen molar-refractivity contribution in [2.45, 2.75) is 19.9 Å². The molecule has 0 atom stereocenters. The first-order chi connectivity index (χ1) is 16.4. The summed E-state index contributed by atoms with van der Waals surface area (Å²) in [5.74, 6) is -1.07. The van der Waals surface area contributed by atoms with Crippen LogP contribution in [0.3, 0.4) is 0 Å². The van der Waals surface area contributed by atoms with Crippen molar-refractivity contribution in [3.05, 3.63) is 89.1 Å². The van der Waals surface area contributed by atoms with E-state index in [1.54, 1.807) is 44.4 Å². The maximum Gasteiger partial charge on any atom is 0.261 e. The second kappa shape index (κ2) is 8.64. The fraction of sp³-hybridized carbons (Fsp3) is 0.115. The molecule has 2 aromatic carbocycles. The van der Waals surface area contributed by atoms with Crippen molar-refractivity contribution in [2.75, 3.05) is 5.32 Å². The van der Waals surface area contributed by atoms with E-state index in [1.807, 2.05) is 35.7 Å². The molecule has 3 heterocycles. The Labute approximate surface area is 200 Å². The maximum absolute atomic E-state index is 12.9. The average molecular weight is 469 g/mol. The van der Waals surface area contributed by atoms with Crippen molar-refractivity contribution in [3.8, 4) is 21.8 Å². The number of imide groups is 1. The Morgan fingerprint density at radius 1 is 0.941 bits per heavy atom. The quantitative estimate of drug-likeness (QED) is 0.410. The fourth-order valence-corrected chi connectivity index (χ4v) is 4.70. The molecule has 5 rings (SSSR count). The molecule has 0 fully saturated rings. The van der Waals surface area contributed by atoms with E-state index in [2.05, 4.69) is 10.3 Å². The maximum atomic E-state index is 12.9. The first-order valence-corrected chi connectivity index (χ1v) is 11.6. The summed E-state index contributed by atoms with van der Waals surface area (Å²) in [6.07, 6.45) is 3.46. The second-order valence-electron chi connectivity index (χ2n) is 8.14. The average Bonchev–Trinajstić information content (AvgIpc) is 3.43. The highest BCUT2D eigenvalue weighted by Crippen LogP contribution is 2.30. The molecule has 0 saturated heterocycles. The number of carbonyl (C=O) groups is 3. The van der Waals surface area contributed by atoms with E-state index in [0.29, 0.717) is 16.8 Å². The third-order valence-electron chi connectivity index (χ3n) is 5.54. The Morgan fingerprint density at radius 3 is 2.47 bits per heavy atom. The second-order valence-corrected chi connectivity index (χ2v) is 9.00. The van der Waals surface area contributed by atoms with Crippen LogP contribution < -0.4 is 5.32 Å². The number of carbonyl (C=O) groups excluding carboxylic acids is 3. The molecule has 0 unspecified atom stereocenters. The Hall–Kier alpha value is -4.17. The van der Waals surface area contributed by atoms with Crippen molar-refractivity contribution in [3.63, 3.8) is 0 Å². The highest BCUT2D eigenvalue weighted by atomic mass is 32.1. The van der Waals surface area contributed by atoms with Crippen molar-refractivity contribution in [1.82, 2.24) is 14.9 Å². The molecule has 1 N–H and O–H groups in total. The zero-order valence-electron chi connectivity index (χ0n) is 18.5.